The Kier molecular flexibility index (Phi) is 4.89. The van der Waals surface area contributed by atoms with Gasteiger partial charge in [-0.25, -0.2) is 4.98 Å². The van der Waals surface area contributed by atoms with E-state index in [1.54, 1.807) is 0 Å². The van der Waals surface area contributed by atoms with Crippen molar-refractivity contribution in [2.24, 2.45) is 0 Å². The summed E-state index contributed by atoms with van der Waals surface area (Å²) in [5.74, 6) is 0.210. The van der Waals surface area contributed by atoms with E-state index >= 15 is 0 Å². The first kappa shape index (κ1) is 18.6. The van der Waals surface area contributed by atoms with E-state index < -0.39 is 0 Å². The second-order valence-corrected chi connectivity index (χ2v) is 7.88. The van der Waals surface area contributed by atoms with E-state index in [4.69, 9.17) is 4.52 Å². The molecule has 1 fully saturated rings. The highest BCUT2D eigenvalue weighted by Crippen LogP contribution is 2.31. The van der Waals surface area contributed by atoms with Crippen LogP contribution in [0.3, 0.4) is 0 Å². The maximum atomic E-state index is 13.7. The zero-order chi connectivity index (χ0) is 19.8. The minimum atomic E-state index is 0.0123. The van der Waals surface area contributed by atoms with Gasteiger partial charge >= 0.3 is 0 Å². The minimum Gasteiger partial charge on any atom is -0.336 e. The molecule has 0 aliphatic carbocycles. The van der Waals surface area contributed by atoms with Gasteiger partial charge in [-0.3, -0.25) is 4.79 Å². The van der Waals surface area contributed by atoms with Gasteiger partial charge in [-0.05, 0) is 31.5 Å². The molecule has 28 heavy (non-hydrogen) atoms. The van der Waals surface area contributed by atoms with Gasteiger partial charge in [0.1, 0.15) is 0 Å². The van der Waals surface area contributed by atoms with Crippen molar-refractivity contribution in [3.05, 3.63) is 58.9 Å². The third-order valence-electron chi connectivity index (χ3n) is 5.49. The van der Waals surface area contributed by atoms with E-state index in [-0.39, 0.29) is 17.9 Å². The van der Waals surface area contributed by atoms with E-state index in [1.165, 1.54) is 0 Å². The third kappa shape index (κ3) is 3.29. The van der Waals surface area contributed by atoms with Crippen LogP contribution in [-0.4, -0.2) is 52.5 Å². The summed E-state index contributed by atoms with van der Waals surface area (Å²) in [5, 5.41) is 4.78. The number of likely N-dealkylation sites (N-methyl/N-ethyl adjacent to an activating group) is 1. The molecule has 1 atom stereocenters. The second-order valence-electron chi connectivity index (χ2n) is 7.88. The number of carbonyl (C=O) groups is 1. The van der Waals surface area contributed by atoms with Crippen LogP contribution >= 0.6 is 0 Å². The van der Waals surface area contributed by atoms with Gasteiger partial charge in [0.25, 0.3) is 11.6 Å². The van der Waals surface area contributed by atoms with Crippen molar-refractivity contribution in [3.8, 4) is 0 Å². The smallest absolute Gasteiger partial charge is 0.259 e. The molecule has 1 amide bonds. The van der Waals surface area contributed by atoms with E-state index in [0.717, 1.165) is 29.7 Å². The van der Waals surface area contributed by atoms with Crippen LogP contribution in [0, 0.1) is 6.92 Å². The fourth-order valence-corrected chi connectivity index (χ4v) is 3.86. The molecule has 3 heterocycles. The van der Waals surface area contributed by atoms with Crippen molar-refractivity contribution >= 4 is 17.0 Å². The molecule has 0 saturated carbocycles. The van der Waals surface area contributed by atoms with Crippen molar-refractivity contribution < 1.29 is 9.32 Å². The molecular formula is C22H26N4O2. The quantitative estimate of drug-likeness (QED) is 0.694. The third-order valence-corrected chi connectivity index (χ3v) is 5.49. The van der Waals surface area contributed by atoms with Crippen molar-refractivity contribution in [3.63, 3.8) is 0 Å². The van der Waals surface area contributed by atoms with Crippen molar-refractivity contribution in [1.29, 1.82) is 0 Å². The summed E-state index contributed by atoms with van der Waals surface area (Å²) in [4.78, 5) is 22.6. The Labute approximate surface area is 165 Å². The molecule has 4 rings (SSSR count). The first-order valence-corrected chi connectivity index (χ1v) is 9.77. The van der Waals surface area contributed by atoms with Gasteiger partial charge in [-0.1, -0.05) is 49.3 Å². The lowest BCUT2D eigenvalue weighted by Gasteiger charge is -2.40. The van der Waals surface area contributed by atoms with Crippen LogP contribution < -0.4 is 0 Å². The number of hydrogen-bond donors (Lipinski definition) is 0. The molecule has 0 spiro atoms. The zero-order valence-electron chi connectivity index (χ0n) is 16.8. The lowest BCUT2D eigenvalue weighted by molar-refractivity contribution is 0.0499. The molecule has 0 N–H and O–H groups in total. The summed E-state index contributed by atoms with van der Waals surface area (Å²) >= 11 is 0. The highest BCUT2D eigenvalue weighted by molar-refractivity contribution is 6.06. The molecule has 0 bridgehead atoms. The number of pyridine rings is 1. The van der Waals surface area contributed by atoms with Gasteiger partial charge in [0, 0.05) is 25.3 Å². The maximum absolute atomic E-state index is 13.7. The molecule has 2 aromatic heterocycles. The molecule has 6 nitrogen and oxygen atoms in total. The molecule has 1 aliphatic rings. The number of hydrogen-bond acceptors (Lipinski definition) is 5. The summed E-state index contributed by atoms with van der Waals surface area (Å²) < 4.78 is 5.41. The molecule has 3 aromatic rings. The summed E-state index contributed by atoms with van der Waals surface area (Å²) in [6.45, 7) is 8.33. The van der Waals surface area contributed by atoms with Crippen LogP contribution in [0.4, 0.5) is 0 Å². The molecule has 1 aromatic carbocycles. The number of benzene rings is 1. The Morgan fingerprint density at radius 2 is 1.96 bits per heavy atom. The summed E-state index contributed by atoms with van der Waals surface area (Å²) in [5.41, 5.74) is 3.78. The maximum Gasteiger partial charge on any atom is 0.259 e. The number of rotatable bonds is 3. The lowest BCUT2D eigenvalue weighted by Crippen LogP contribution is -2.49. The Hall–Kier alpha value is -2.73. The number of amides is 1. The van der Waals surface area contributed by atoms with Crippen LogP contribution in [0.5, 0.6) is 0 Å². The molecule has 0 radical (unpaired) electrons. The average molecular weight is 378 g/mol. The molecule has 146 valence electrons. The number of aromatic nitrogens is 2. The standard InChI is InChI=1S/C22H26N4O2/c1-14(2)18-12-17(20-15(3)24-28-21(20)23-18)22(27)26-11-10-25(4)13-19(26)16-8-6-5-7-9-16/h5-9,12,14,19H,10-11,13H2,1-4H3. The normalized spacial score (nSPS) is 18.2. The second kappa shape index (κ2) is 7.36. The summed E-state index contributed by atoms with van der Waals surface area (Å²) in [7, 11) is 2.10. The van der Waals surface area contributed by atoms with Gasteiger partial charge in [-0.15, -0.1) is 0 Å². The summed E-state index contributed by atoms with van der Waals surface area (Å²) in [6, 6.07) is 12.2. The van der Waals surface area contributed by atoms with Crippen molar-refractivity contribution in [2.75, 3.05) is 26.7 Å². The summed E-state index contributed by atoms with van der Waals surface area (Å²) in [6.07, 6.45) is 0. The fraction of sp³-hybridized carbons (Fsp3) is 0.409. The SMILES string of the molecule is Cc1noc2nc(C(C)C)cc(C(=O)N3CCN(C)CC3c3ccccc3)c12. The molecular weight excluding hydrogens is 352 g/mol. The van der Waals surface area contributed by atoms with Crippen LogP contribution in [0.1, 0.15) is 53.1 Å². The predicted octanol–water partition coefficient (Wildman–Crippen LogP) is 3.78. The van der Waals surface area contributed by atoms with Crippen molar-refractivity contribution in [2.45, 2.75) is 32.7 Å². The highest BCUT2D eigenvalue weighted by atomic mass is 16.5. The minimum absolute atomic E-state index is 0.0123. The highest BCUT2D eigenvalue weighted by Gasteiger charge is 2.32. The zero-order valence-corrected chi connectivity index (χ0v) is 16.8. The molecule has 6 heteroatoms. The number of carbonyl (C=O) groups excluding carboxylic acids is 1. The van der Waals surface area contributed by atoms with Crippen molar-refractivity contribution in [1.82, 2.24) is 19.9 Å². The fourth-order valence-electron chi connectivity index (χ4n) is 3.86. The van der Waals surface area contributed by atoms with E-state index in [9.17, 15) is 4.79 Å². The lowest BCUT2D eigenvalue weighted by atomic mass is 9.99. The topological polar surface area (TPSA) is 62.5 Å². The van der Waals surface area contributed by atoms with E-state index in [1.807, 2.05) is 36.1 Å². The first-order valence-electron chi connectivity index (χ1n) is 9.77. The number of piperazine rings is 1. The molecule has 1 saturated heterocycles. The Morgan fingerprint density at radius 3 is 2.68 bits per heavy atom. The molecule has 1 aliphatic heterocycles. The number of aryl methyl sites for hydroxylation is 1. The van der Waals surface area contributed by atoms with Crippen LogP contribution in [0.25, 0.3) is 11.1 Å². The van der Waals surface area contributed by atoms with Gasteiger partial charge in [0.05, 0.1) is 22.7 Å². The average Bonchev–Trinajstić information content (AvgIpc) is 3.08. The van der Waals surface area contributed by atoms with Gasteiger partial charge in [-0.2, -0.15) is 0 Å². The van der Waals surface area contributed by atoms with Crippen LogP contribution in [-0.2, 0) is 0 Å². The Balaban J connectivity index is 1.80. The first-order chi connectivity index (χ1) is 13.5. The van der Waals surface area contributed by atoms with Gasteiger partial charge in [0.15, 0.2) is 0 Å². The largest absolute Gasteiger partial charge is 0.336 e. The van der Waals surface area contributed by atoms with E-state index in [2.05, 4.69) is 48.1 Å². The van der Waals surface area contributed by atoms with Gasteiger partial charge < -0.3 is 14.3 Å². The monoisotopic (exact) mass is 378 g/mol. The van der Waals surface area contributed by atoms with Crippen LogP contribution in [0.15, 0.2) is 40.9 Å². The Morgan fingerprint density at radius 1 is 1.21 bits per heavy atom. The van der Waals surface area contributed by atoms with E-state index in [0.29, 0.717) is 23.5 Å². The Bertz CT molecular complexity index is 996. The van der Waals surface area contributed by atoms with Gasteiger partial charge in [0.2, 0.25) is 0 Å². The predicted molar refractivity (Wildman–Crippen MR) is 108 cm³/mol. The number of fused-ring (bicyclic) bond motifs is 1. The van der Waals surface area contributed by atoms with Crippen LogP contribution in [0.2, 0.25) is 0 Å². The molecule has 1 unspecified atom stereocenters. The number of nitrogens with zero attached hydrogens (tertiary/aromatic N) is 4.